The first-order valence-corrected chi connectivity index (χ1v) is 6.23. The van der Waals surface area contributed by atoms with Crippen LogP contribution >= 0.6 is 11.6 Å². The number of nitrogens with one attached hydrogen (secondary N) is 1. The van der Waals surface area contributed by atoms with Gasteiger partial charge in [0.05, 0.1) is 5.56 Å². The van der Waals surface area contributed by atoms with E-state index in [1.165, 1.54) is 6.07 Å². The zero-order valence-corrected chi connectivity index (χ0v) is 11.0. The lowest BCUT2D eigenvalue weighted by atomic mass is 10.0. The molecule has 18 heavy (non-hydrogen) atoms. The van der Waals surface area contributed by atoms with Crippen molar-refractivity contribution in [1.29, 1.82) is 0 Å². The largest absolute Gasteiger partial charge is 0.417 e. The second-order valence-electron chi connectivity index (χ2n) is 4.40. The molecule has 0 aliphatic heterocycles. The van der Waals surface area contributed by atoms with Gasteiger partial charge in [0.25, 0.3) is 0 Å². The first kappa shape index (κ1) is 15.1. The lowest BCUT2D eigenvalue weighted by Crippen LogP contribution is -2.26. The molecule has 0 aliphatic rings. The summed E-state index contributed by atoms with van der Waals surface area (Å²) < 4.78 is 37.1. The van der Waals surface area contributed by atoms with Crippen LogP contribution in [0.4, 0.5) is 19.0 Å². The molecule has 0 bridgehead atoms. The molecule has 102 valence electrons. The number of pyridine rings is 1. The van der Waals surface area contributed by atoms with Gasteiger partial charge in [0, 0.05) is 18.1 Å². The maximum Gasteiger partial charge on any atom is 0.417 e. The van der Waals surface area contributed by atoms with Gasteiger partial charge in [-0.3, -0.25) is 0 Å². The normalized spacial score (nSPS) is 13.7. The van der Waals surface area contributed by atoms with Gasteiger partial charge in [0.15, 0.2) is 0 Å². The van der Waals surface area contributed by atoms with E-state index in [1.807, 2.05) is 13.8 Å². The minimum atomic E-state index is -4.35. The second kappa shape index (κ2) is 6.27. The van der Waals surface area contributed by atoms with Crippen LogP contribution in [0, 0.1) is 5.92 Å². The molecule has 1 rings (SSSR count). The zero-order chi connectivity index (χ0) is 13.8. The molecule has 1 unspecified atom stereocenters. The molecular weight excluding hydrogens is 265 g/mol. The third-order valence-corrected chi connectivity index (χ3v) is 2.87. The number of halogens is 4. The molecule has 0 radical (unpaired) electrons. The van der Waals surface area contributed by atoms with E-state index in [2.05, 4.69) is 10.3 Å². The molecule has 0 amide bonds. The minimum absolute atomic E-state index is 0.103. The van der Waals surface area contributed by atoms with Crippen molar-refractivity contribution in [3.8, 4) is 0 Å². The standard InChI is InChI=1S/C12H16ClF3N2/c1-8(2)10(5-6-13)18-11-4-3-9(7-17-11)12(14,15)16/h3-4,7-8,10H,5-6H2,1-2H3,(H,17,18). The fraction of sp³-hybridized carbons (Fsp3) is 0.583. The van der Waals surface area contributed by atoms with Crippen molar-refractivity contribution in [2.45, 2.75) is 32.5 Å². The summed E-state index contributed by atoms with van der Waals surface area (Å²) in [4.78, 5) is 3.78. The van der Waals surface area contributed by atoms with Gasteiger partial charge in [-0.05, 0) is 24.5 Å². The van der Waals surface area contributed by atoms with Gasteiger partial charge in [0.1, 0.15) is 5.82 Å². The molecule has 1 heterocycles. The Morgan fingerprint density at radius 3 is 2.39 bits per heavy atom. The summed E-state index contributed by atoms with van der Waals surface area (Å²) in [6.07, 6.45) is -2.78. The van der Waals surface area contributed by atoms with E-state index in [1.54, 1.807) is 0 Å². The van der Waals surface area contributed by atoms with Gasteiger partial charge < -0.3 is 5.32 Å². The number of hydrogen-bond donors (Lipinski definition) is 1. The number of hydrogen-bond acceptors (Lipinski definition) is 2. The highest BCUT2D eigenvalue weighted by atomic mass is 35.5. The monoisotopic (exact) mass is 280 g/mol. The van der Waals surface area contributed by atoms with E-state index in [4.69, 9.17) is 11.6 Å². The van der Waals surface area contributed by atoms with Gasteiger partial charge in [-0.15, -0.1) is 11.6 Å². The van der Waals surface area contributed by atoms with Crippen molar-refractivity contribution >= 4 is 17.4 Å². The topological polar surface area (TPSA) is 24.9 Å². The maximum atomic E-state index is 12.4. The summed E-state index contributed by atoms with van der Waals surface area (Å²) >= 11 is 5.68. The molecule has 1 aromatic heterocycles. The van der Waals surface area contributed by atoms with E-state index in [0.29, 0.717) is 17.6 Å². The lowest BCUT2D eigenvalue weighted by Gasteiger charge is -2.22. The third-order valence-electron chi connectivity index (χ3n) is 2.65. The summed E-state index contributed by atoms with van der Waals surface area (Å²) in [6.45, 7) is 4.04. The van der Waals surface area contributed by atoms with Crippen LogP contribution in [0.1, 0.15) is 25.8 Å². The number of alkyl halides is 4. The Morgan fingerprint density at radius 2 is 2.00 bits per heavy atom. The van der Waals surface area contributed by atoms with Crippen molar-refractivity contribution < 1.29 is 13.2 Å². The first-order chi connectivity index (χ1) is 8.34. The van der Waals surface area contributed by atoms with Crippen LogP contribution in [0.15, 0.2) is 18.3 Å². The zero-order valence-electron chi connectivity index (χ0n) is 10.3. The summed E-state index contributed by atoms with van der Waals surface area (Å²) in [7, 11) is 0. The predicted molar refractivity (Wildman–Crippen MR) is 66.8 cm³/mol. The Bertz CT molecular complexity index is 363. The van der Waals surface area contributed by atoms with Crippen molar-refractivity contribution in [2.24, 2.45) is 5.92 Å². The van der Waals surface area contributed by atoms with Crippen molar-refractivity contribution in [2.75, 3.05) is 11.2 Å². The lowest BCUT2D eigenvalue weighted by molar-refractivity contribution is -0.137. The molecule has 0 saturated carbocycles. The molecule has 2 nitrogen and oxygen atoms in total. The van der Waals surface area contributed by atoms with E-state index in [-0.39, 0.29) is 6.04 Å². The predicted octanol–water partition coefficient (Wildman–Crippen LogP) is 4.17. The molecule has 0 aliphatic carbocycles. The van der Waals surface area contributed by atoms with Crippen molar-refractivity contribution in [1.82, 2.24) is 4.98 Å². The second-order valence-corrected chi connectivity index (χ2v) is 4.78. The molecule has 1 N–H and O–H groups in total. The third kappa shape index (κ3) is 4.37. The van der Waals surface area contributed by atoms with E-state index < -0.39 is 11.7 Å². The summed E-state index contributed by atoms with van der Waals surface area (Å²) in [5, 5.41) is 3.10. The van der Waals surface area contributed by atoms with E-state index in [9.17, 15) is 13.2 Å². The van der Waals surface area contributed by atoms with Crippen LogP contribution in [-0.2, 0) is 6.18 Å². The van der Waals surface area contributed by atoms with Gasteiger partial charge in [0.2, 0.25) is 0 Å². The van der Waals surface area contributed by atoms with Crippen molar-refractivity contribution in [3.63, 3.8) is 0 Å². The summed E-state index contributed by atoms with van der Waals surface area (Å²) in [5.74, 6) is 1.26. The SMILES string of the molecule is CC(C)C(CCCl)Nc1ccc(C(F)(F)F)cn1. The summed E-state index contributed by atoms with van der Waals surface area (Å²) in [6, 6.07) is 2.46. The van der Waals surface area contributed by atoms with Crippen LogP contribution in [0.3, 0.4) is 0 Å². The quantitative estimate of drug-likeness (QED) is 0.819. The van der Waals surface area contributed by atoms with Crippen LogP contribution < -0.4 is 5.32 Å². The maximum absolute atomic E-state index is 12.4. The molecule has 0 saturated heterocycles. The number of rotatable bonds is 5. The Balaban J connectivity index is 2.73. The molecule has 0 fully saturated rings. The highest BCUT2D eigenvalue weighted by Gasteiger charge is 2.30. The molecular formula is C12H16ClF3N2. The number of anilines is 1. The van der Waals surface area contributed by atoms with Gasteiger partial charge in [-0.25, -0.2) is 4.98 Å². The molecule has 0 aromatic carbocycles. The van der Waals surface area contributed by atoms with Crippen LogP contribution in [0.5, 0.6) is 0 Å². The van der Waals surface area contributed by atoms with Crippen LogP contribution in [0.25, 0.3) is 0 Å². The molecule has 6 heteroatoms. The highest BCUT2D eigenvalue weighted by molar-refractivity contribution is 6.17. The average Bonchev–Trinajstić information content (AvgIpc) is 2.28. The minimum Gasteiger partial charge on any atom is -0.367 e. The van der Waals surface area contributed by atoms with E-state index in [0.717, 1.165) is 18.7 Å². The van der Waals surface area contributed by atoms with Gasteiger partial charge in [-0.2, -0.15) is 13.2 Å². The Kier molecular flexibility index (Phi) is 5.26. The van der Waals surface area contributed by atoms with Crippen molar-refractivity contribution in [3.05, 3.63) is 23.9 Å². The fourth-order valence-electron chi connectivity index (χ4n) is 1.53. The highest BCUT2D eigenvalue weighted by Crippen LogP contribution is 2.29. The van der Waals surface area contributed by atoms with Gasteiger partial charge >= 0.3 is 6.18 Å². The van der Waals surface area contributed by atoms with Crippen LogP contribution in [-0.4, -0.2) is 16.9 Å². The Morgan fingerprint density at radius 1 is 1.33 bits per heavy atom. The molecule has 0 spiro atoms. The van der Waals surface area contributed by atoms with Gasteiger partial charge in [-0.1, -0.05) is 13.8 Å². The smallest absolute Gasteiger partial charge is 0.367 e. The Hall–Kier alpha value is -0.970. The fourth-order valence-corrected chi connectivity index (χ4v) is 1.76. The summed E-state index contributed by atoms with van der Waals surface area (Å²) in [5.41, 5.74) is -0.744. The average molecular weight is 281 g/mol. The number of nitrogens with zero attached hydrogens (tertiary/aromatic N) is 1. The molecule has 1 atom stereocenters. The number of aromatic nitrogens is 1. The Labute approximate surface area is 110 Å². The van der Waals surface area contributed by atoms with E-state index >= 15 is 0 Å². The molecule has 1 aromatic rings. The van der Waals surface area contributed by atoms with Crippen LogP contribution in [0.2, 0.25) is 0 Å². The first-order valence-electron chi connectivity index (χ1n) is 5.70.